The highest BCUT2D eigenvalue weighted by Gasteiger charge is 2.54. The summed E-state index contributed by atoms with van der Waals surface area (Å²) in [7, 11) is 1.43. The van der Waals surface area contributed by atoms with Gasteiger partial charge in [0.25, 0.3) is 5.79 Å². The fourth-order valence-corrected chi connectivity index (χ4v) is 2.52. The van der Waals surface area contributed by atoms with Gasteiger partial charge in [-0.2, -0.15) is 13.2 Å². The maximum atomic E-state index is 12.9. The minimum absolute atomic E-state index is 0.0750. The monoisotopic (exact) mass is 412 g/mol. The molecule has 1 heterocycles. The Morgan fingerprint density at radius 2 is 1.66 bits per heavy atom. The number of aromatic hydroxyl groups is 1. The minimum atomic E-state index is -5.42. The molecule has 1 aromatic heterocycles. The normalized spacial score (nSPS) is 12.2. The highest BCUT2D eigenvalue weighted by Crippen LogP contribution is 2.35. The van der Waals surface area contributed by atoms with Crippen LogP contribution >= 0.6 is 0 Å². The van der Waals surface area contributed by atoms with Gasteiger partial charge >= 0.3 is 6.18 Å². The van der Waals surface area contributed by atoms with Crippen LogP contribution in [0, 0.1) is 0 Å². The van der Waals surface area contributed by atoms with Crippen molar-refractivity contribution in [1.29, 1.82) is 0 Å². The van der Waals surface area contributed by atoms with Gasteiger partial charge in [0.15, 0.2) is 5.76 Å². The Morgan fingerprint density at radius 1 is 1.03 bits per heavy atom. The van der Waals surface area contributed by atoms with Crippen LogP contribution in [-0.4, -0.2) is 34.4 Å². The number of alkyl halides is 3. The molecule has 0 radical (unpaired) electrons. The lowest BCUT2D eigenvalue weighted by molar-refractivity contribution is -0.348. The largest absolute Gasteiger partial charge is 0.508 e. The summed E-state index contributed by atoms with van der Waals surface area (Å²) in [5.74, 6) is -5.33. The van der Waals surface area contributed by atoms with E-state index in [0.717, 1.165) is 6.07 Å². The third-order valence-corrected chi connectivity index (χ3v) is 4.04. The molecule has 2 aromatic carbocycles. The standard InChI is InChI=1S/C19H15F3O7/c1-27-11-3-5-12(6-4-11)28-17-15(9-18(25,26)19(20,21)22)29-14-8-10(23)2-7-13(14)16(17)24/h2-8,23,25-26H,9H2,1H3. The summed E-state index contributed by atoms with van der Waals surface area (Å²) in [5, 5.41) is 28.3. The van der Waals surface area contributed by atoms with Crippen molar-refractivity contribution >= 4 is 11.0 Å². The molecule has 0 unspecified atom stereocenters. The van der Waals surface area contributed by atoms with Gasteiger partial charge in [0.05, 0.1) is 18.9 Å². The van der Waals surface area contributed by atoms with Gasteiger partial charge in [0.2, 0.25) is 11.2 Å². The average Bonchev–Trinajstić information content (AvgIpc) is 2.64. The third-order valence-electron chi connectivity index (χ3n) is 4.04. The van der Waals surface area contributed by atoms with Crippen molar-refractivity contribution in [3.05, 3.63) is 58.4 Å². The van der Waals surface area contributed by atoms with E-state index in [1.165, 1.54) is 43.5 Å². The zero-order chi connectivity index (χ0) is 21.4. The molecule has 0 saturated heterocycles. The number of benzene rings is 2. The Bertz CT molecular complexity index is 1090. The van der Waals surface area contributed by atoms with Gasteiger partial charge in [-0.1, -0.05) is 0 Å². The molecule has 0 aliphatic rings. The molecule has 0 saturated carbocycles. The molecule has 0 spiro atoms. The van der Waals surface area contributed by atoms with E-state index >= 15 is 0 Å². The number of methoxy groups -OCH3 is 1. The second-order valence-electron chi connectivity index (χ2n) is 6.13. The van der Waals surface area contributed by atoms with Gasteiger partial charge in [-0.15, -0.1) is 0 Å². The van der Waals surface area contributed by atoms with Gasteiger partial charge in [-0.3, -0.25) is 4.79 Å². The molecule has 7 nitrogen and oxygen atoms in total. The van der Waals surface area contributed by atoms with E-state index < -0.39 is 35.3 Å². The summed E-state index contributed by atoms with van der Waals surface area (Å²) >= 11 is 0. The fourth-order valence-electron chi connectivity index (χ4n) is 2.52. The van der Waals surface area contributed by atoms with Gasteiger partial charge < -0.3 is 29.2 Å². The number of hydrogen-bond acceptors (Lipinski definition) is 7. The quantitative estimate of drug-likeness (QED) is 0.553. The molecular formula is C19H15F3O7. The van der Waals surface area contributed by atoms with Gasteiger partial charge in [-0.25, -0.2) is 0 Å². The molecule has 3 aromatic rings. The number of phenols is 1. The zero-order valence-corrected chi connectivity index (χ0v) is 14.9. The third kappa shape index (κ3) is 4.13. The van der Waals surface area contributed by atoms with Gasteiger partial charge in [0, 0.05) is 6.07 Å². The Kier molecular flexibility index (Phi) is 5.16. The highest BCUT2D eigenvalue weighted by molar-refractivity contribution is 5.79. The topological polar surface area (TPSA) is 109 Å². The van der Waals surface area contributed by atoms with Crippen molar-refractivity contribution in [3.8, 4) is 23.0 Å². The molecular weight excluding hydrogens is 397 g/mol. The molecule has 0 amide bonds. The van der Waals surface area contributed by atoms with Crippen molar-refractivity contribution < 1.29 is 42.4 Å². The van der Waals surface area contributed by atoms with Crippen molar-refractivity contribution in [2.45, 2.75) is 18.4 Å². The van der Waals surface area contributed by atoms with Crippen molar-refractivity contribution in [1.82, 2.24) is 0 Å². The molecule has 3 rings (SSSR count). The Morgan fingerprint density at radius 3 is 2.24 bits per heavy atom. The lowest BCUT2D eigenvalue weighted by Crippen LogP contribution is -2.47. The second kappa shape index (κ2) is 7.30. The van der Waals surface area contributed by atoms with E-state index in [0.29, 0.717) is 5.75 Å². The van der Waals surface area contributed by atoms with Crippen molar-refractivity contribution in [3.63, 3.8) is 0 Å². The van der Waals surface area contributed by atoms with Crippen LogP contribution in [0.3, 0.4) is 0 Å². The lowest BCUT2D eigenvalue weighted by Gasteiger charge is -2.24. The molecule has 0 fully saturated rings. The molecule has 29 heavy (non-hydrogen) atoms. The Hall–Kier alpha value is -3.24. The maximum Gasteiger partial charge on any atom is 0.443 e. The van der Waals surface area contributed by atoms with Gasteiger partial charge in [-0.05, 0) is 36.4 Å². The van der Waals surface area contributed by atoms with Crippen LogP contribution in [0.25, 0.3) is 11.0 Å². The van der Waals surface area contributed by atoms with Crippen LogP contribution in [0.2, 0.25) is 0 Å². The van der Waals surface area contributed by atoms with Crippen molar-refractivity contribution in [2.75, 3.05) is 7.11 Å². The van der Waals surface area contributed by atoms with E-state index in [1.807, 2.05) is 0 Å². The first-order valence-corrected chi connectivity index (χ1v) is 8.14. The summed E-state index contributed by atoms with van der Waals surface area (Å²) in [5.41, 5.74) is -1.10. The number of phenolic OH excluding ortho intramolecular Hbond substituents is 1. The van der Waals surface area contributed by atoms with Crippen LogP contribution in [0.15, 0.2) is 51.7 Å². The van der Waals surface area contributed by atoms with Crippen LogP contribution in [0.1, 0.15) is 5.76 Å². The SMILES string of the molecule is COc1ccc(Oc2c(CC(O)(O)C(F)(F)F)oc3cc(O)ccc3c2=O)cc1. The summed E-state index contributed by atoms with van der Waals surface area (Å²) in [6.07, 6.45) is -6.93. The molecule has 154 valence electrons. The molecule has 3 N–H and O–H groups in total. The van der Waals surface area contributed by atoms with E-state index in [4.69, 9.17) is 13.9 Å². The van der Waals surface area contributed by atoms with Crippen LogP contribution in [0.5, 0.6) is 23.0 Å². The first kappa shape index (κ1) is 20.5. The fraction of sp³-hybridized carbons (Fsp3) is 0.211. The van der Waals surface area contributed by atoms with E-state index in [9.17, 15) is 33.3 Å². The van der Waals surface area contributed by atoms with E-state index in [2.05, 4.69) is 0 Å². The lowest BCUT2D eigenvalue weighted by atomic mass is 10.1. The Labute approximate surface area is 161 Å². The summed E-state index contributed by atoms with van der Waals surface area (Å²) in [6.45, 7) is 0. The first-order valence-electron chi connectivity index (χ1n) is 8.14. The number of ether oxygens (including phenoxy) is 2. The Balaban J connectivity index is 2.15. The molecule has 0 aliphatic carbocycles. The predicted molar refractivity (Wildman–Crippen MR) is 94.1 cm³/mol. The molecule has 0 bridgehead atoms. The number of hydrogen-bond donors (Lipinski definition) is 3. The molecule has 10 heteroatoms. The van der Waals surface area contributed by atoms with E-state index in [-0.39, 0.29) is 22.5 Å². The second-order valence-corrected chi connectivity index (χ2v) is 6.13. The summed E-state index contributed by atoms with van der Waals surface area (Å²) in [6, 6.07) is 9.20. The summed E-state index contributed by atoms with van der Waals surface area (Å²) in [4.78, 5) is 12.8. The highest BCUT2D eigenvalue weighted by atomic mass is 19.4. The zero-order valence-electron chi connectivity index (χ0n) is 14.9. The number of fused-ring (bicyclic) bond motifs is 1. The number of halogens is 3. The van der Waals surface area contributed by atoms with Gasteiger partial charge in [0.1, 0.15) is 22.8 Å². The van der Waals surface area contributed by atoms with Crippen molar-refractivity contribution in [2.24, 2.45) is 0 Å². The maximum absolute atomic E-state index is 12.9. The predicted octanol–water partition coefficient (Wildman–Crippen LogP) is 3.09. The first-order chi connectivity index (χ1) is 13.5. The molecule has 0 aliphatic heterocycles. The molecule has 0 atom stereocenters. The number of aliphatic hydroxyl groups is 2. The minimum Gasteiger partial charge on any atom is -0.508 e. The van der Waals surface area contributed by atoms with E-state index in [1.54, 1.807) is 0 Å². The van der Waals surface area contributed by atoms with Crippen LogP contribution in [0.4, 0.5) is 13.2 Å². The van der Waals surface area contributed by atoms with Crippen LogP contribution in [-0.2, 0) is 6.42 Å². The summed E-state index contributed by atoms with van der Waals surface area (Å²) < 4.78 is 54.5. The average molecular weight is 412 g/mol. The van der Waals surface area contributed by atoms with Crippen LogP contribution < -0.4 is 14.9 Å². The number of rotatable bonds is 5. The smallest absolute Gasteiger partial charge is 0.443 e.